The van der Waals surface area contributed by atoms with Crippen molar-refractivity contribution in [3.63, 3.8) is 0 Å². The van der Waals surface area contributed by atoms with E-state index in [-0.39, 0.29) is 5.88 Å². The van der Waals surface area contributed by atoms with Crippen LogP contribution in [0.3, 0.4) is 0 Å². The Kier molecular flexibility index (Phi) is 6.22. The normalized spacial score (nSPS) is 14.9. The van der Waals surface area contributed by atoms with Crippen LogP contribution in [0.15, 0.2) is 52.4 Å². The number of fused-ring (bicyclic) bond motifs is 1. The van der Waals surface area contributed by atoms with Crippen molar-refractivity contribution >= 4 is 51.5 Å². The van der Waals surface area contributed by atoms with Gasteiger partial charge < -0.3 is 20.2 Å². The maximum Gasteiger partial charge on any atom is 0.231 e. The summed E-state index contributed by atoms with van der Waals surface area (Å²) in [4.78, 5) is 18.2. The van der Waals surface area contributed by atoms with Crippen LogP contribution in [0.1, 0.15) is 4.88 Å². The monoisotopic (exact) mass is 454 g/mol. The van der Waals surface area contributed by atoms with Crippen molar-refractivity contribution in [3.8, 4) is 5.88 Å². The van der Waals surface area contributed by atoms with Gasteiger partial charge in [0, 0.05) is 13.6 Å². The molecule has 160 valence electrons. The van der Waals surface area contributed by atoms with Crippen molar-refractivity contribution in [1.82, 2.24) is 9.88 Å². The molecule has 0 unspecified atom stereocenters. The molecule has 0 atom stereocenters. The average molecular weight is 455 g/mol. The van der Waals surface area contributed by atoms with Crippen molar-refractivity contribution in [3.05, 3.63) is 62.9 Å². The fraction of sp³-hybridized carbons (Fsp3) is 0.227. The van der Waals surface area contributed by atoms with Crippen molar-refractivity contribution in [2.45, 2.75) is 0 Å². The molecular weight excluding hydrogens is 432 g/mol. The van der Waals surface area contributed by atoms with Crippen LogP contribution >= 0.6 is 22.9 Å². The molecule has 9 heteroatoms. The van der Waals surface area contributed by atoms with Gasteiger partial charge in [0.2, 0.25) is 11.8 Å². The second-order valence-corrected chi connectivity index (χ2v) is 8.80. The Bertz CT molecular complexity index is 1250. The predicted molar refractivity (Wildman–Crippen MR) is 129 cm³/mol. The number of hydrogen-bond donors (Lipinski definition) is 2. The Hall–Kier alpha value is -2.94. The van der Waals surface area contributed by atoms with Crippen LogP contribution in [0.4, 0.5) is 16.5 Å². The molecular formula is C22H23ClN6OS. The van der Waals surface area contributed by atoms with E-state index in [4.69, 9.17) is 11.6 Å². The van der Waals surface area contributed by atoms with E-state index in [1.165, 1.54) is 11.3 Å². The number of aromatic nitrogens is 1. The van der Waals surface area contributed by atoms with E-state index in [2.05, 4.69) is 25.2 Å². The smallest absolute Gasteiger partial charge is 0.231 e. The number of guanidine groups is 1. The highest BCUT2D eigenvalue weighted by atomic mass is 35.5. The van der Waals surface area contributed by atoms with Crippen molar-refractivity contribution in [2.24, 2.45) is 9.98 Å². The van der Waals surface area contributed by atoms with Gasteiger partial charge in [-0.3, -0.25) is 0 Å². The average Bonchev–Trinajstić information content (AvgIpc) is 3.23. The summed E-state index contributed by atoms with van der Waals surface area (Å²) in [6, 6.07) is 13.4. The van der Waals surface area contributed by atoms with E-state index >= 15 is 0 Å². The molecule has 1 aliphatic heterocycles. The lowest BCUT2D eigenvalue weighted by atomic mass is 10.2. The standard InChI is InChI=1S/C22H23ClN6OS/c1-28(2)11-10-24-21-25-17-9-8-14(12-18(17)29(21)3)13-19-20(30)27-22(31-19)26-16-7-5-4-6-15(16)23/h4-9,12-13,30H,10-11H2,1-3H3,(H,26,27). The Morgan fingerprint density at radius 3 is 2.84 bits per heavy atom. The zero-order valence-corrected chi connectivity index (χ0v) is 19.1. The van der Waals surface area contributed by atoms with E-state index in [1.807, 2.05) is 68.5 Å². The summed E-state index contributed by atoms with van der Waals surface area (Å²) in [5.74, 6) is 0.685. The lowest BCUT2D eigenvalue weighted by Gasteiger charge is -2.13. The maximum absolute atomic E-state index is 10.3. The molecule has 0 spiro atoms. The Balaban J connectivity index is 1.57. The molecule has 1 aliphatic rings. The molecule has 31 heavy (non-hydrogen) atoms. The number of rotatable bonds is 6. The van der Waals surface area contributed by atoms with Gasteiger partial charge in [0.1, 0.15) is 0 Å². The number of nitrogens with zero attached hydrogens (tertiary/aromatic N) is 5. The van der Waals surface area contributed by atoms with Gasteiger partial charge in [0.25, 0.3) is 0 Å². The number of benzene rings is 2. The third kappa shape index (κ3) is 4.87. The first-order valence-corrected chi connectivity index (χ1v) is 10.9. The summed E-state index contributed by atoms with van der Waals surface area (Å²) in [6.07, 6.45) is 1.90. The van der Waals surface area contributed by atoms with Crippen molar-refractivity contribution < 1.29 is 5.11 Å². The van der Waals surface area contributed by atoms with Crippen LogP contribution in [0.2, 0.25) is 5.02 Å². The number of anilines is 3. The fourth-order valence-electron chi connectivity index (χ4n) is 3.08. The number of aliphatic imine (C=N–C) groups is 1. The number of hydrogen-bond acceptors (Lipinski definition) is 6. The second-order valence-electron chi connectivity index (χ2n) is 7.36. The number of likely N-dealkylation sites (N-methyl/N-ethyl adjacent to an activating group) is 1. The number of para-hydroxylation sites is 1. The largest absolute Gasteiger partial charge is 0.492 e. The molecule has 1 aromatic heterocycles. The molecule has 0 fully saturated rings. The Morgan fingerprint density at radius 1 is 1.26 bits per heavy atom. The Morgan fingerprint density at radius 2 is 2.06 bits per heavy atom. The van der Waals surface area contributed by atoms with Gasteiger partial charge in [-0.05, 0) is 49.7 Å². The van der Waals surface area contributed by atoms with Gasteiger partial charge in [-0.25, -0.2) is 9.98 Å². The predicted octanol–water partition coefficient (Wildman–Crippen LogP) is 3.06. The van der Waals surface area contributed by atoms with Gasteiger partial charge in [0.05, 0.1) is 33.2 Å². The molecule has 0 aliphatic carbocycles. The van der Waals surface area contributed by atoms with Crippen molar-refractivity contribution in [1.29, 1.82) is 0 Å². The quantitative estimate of drug-likeness (QED) is 0.598. The molecule has 2 heterocycles. The first kappa shape index (κ1) is 21.3. The molecule has 3 aromatic rings. The van der Waals surface area contributed by atoms with Gasteiger partial charge in [-0.1, -0.05) is 41.1 Å². The molecule has 0 radical (unpaired) electrons. The molecule has 0 saturated carbocycles. The van der Waals surface area contributed by atoms with Gasteiger partial charge in [-0.15, -0.1) is 0 Å². The number of halogens is 1. The first-order valence-electron chi connectivity index (χ1n) is 9.75. The van der Waals surface area contributed by atoms with Crippen LogP contribution in [0, 0.1) is 0 Å². The highest BCUT2D eigenvalue weighted by molar-refractivity contribution is 7.16. The minimum Gasteiger partial charge on any atom is -0.492 e. The summed E-state index contributed by atoms with van der Waals surface area (Å²) >= 11 is 7.55. The van der Waals surface area contributed by atoms with Crippen LogP contribution in [0.5, 0.6) is 5.88 Å². The van der Waals surface area contributed by atoms with Gasteiger partial charge >= 0.3 is 0 Å². The van der Waals surface area contributed by atoms with E-state index in [0.717, 1.165) is 28.5 Å². The lowest BCUT2D eigenvalue weighted by Crippen LogP contribution is -2.24. The lowest BCUT2D eigenvalue weighted by molar-refractivity contribution is 0.420. The van der Waals surface area contributed by atoms with E-state index in [1.54, 1.807) is 6.07 Å². The Labute approximate surface area is 189 Å². The molecule has 4 rings (SSSR count). The van der Waals surface area contributed by atoms with Crippen LogP contribution in [0.25, 0.3) is 6.08 Å². The summed E-state index contributed by atoms with van der Waals surface area (Å²) in [5, 5.41) is 16.5. The van der Waals surface area contributed by atoms with Crippen molar-refractivity contribution in [2.75, 3.05) is 44.4 Å². The van der Waals surface area contributed by atoms with Gasteiger partial charge in [-0.2, -0.15) is 4.98 Å². The minimum atomic E-state index is -0.0240. The van der Waals surface area contributed by atoms with Crippen LogP contribution in [-0.4, -0.2) is 55.2 Å². The highest BCUT2D eigenvalue weighted by Crippen LogP contribution is 2.32. The van der Waals surface area contributed by atoms with Gasteiger partial charge in [0.15, 0.2) is 5.13 Å². The number of thiazole rings is 1. The zero-order chi connectivity index (χ0) is 22.0. The molecule has 2 aromatic carbocycles. The zero-order valence-electron chi connectivity index (χ0n) is 17.5. The topological polar surface area (TPSA) is 76.3 Å². The molecule has 0 amide bonds. The minimum absolute atomic E-state index is 0.0240. The molecule has 2 N–H and O–H groups in total. The fourth-order valence-corrected chi connectivity index (χ4v) is 4.09. The summed E-state index contributed by atoms with van der Waals surface area (Å²) in [6.45, 7) is 1.57. The number of aromatic hydroxyl groups is 1. The second kappa shape index (κ2) is 9.05. The van der Waals surface area contributed by atoms with Crippen LogP contribution in [-0.2, 0) is 0 Å². The third-order valence-corrected chi connectivity index (χ3v) is 5.97. The van der Waals surface area contributed by atoms with Crippen LogP contribution < -0.4 is 20.8 Å². The van der Waals surface area contributed by atoms with E-state index < -0.39 is 0 Å². The van der Waals surface area contributed by atoms with E-state index in [9.17, 15) is 5.11 Å². The third-order valence-electron chi connectivity index (χ3n) is 4.73. The van der Waals surface area contributed by atoms with E-state index in [0.29, 0.717) is 27.5 Å². The molecule has 0 bridgehead atoms. The SMILES string of the molecule is CN(C)CCN=C1N=c2ccc(=Cc3sc(Nc4ccccc4Cl)nc3O)cc2N1C. The summed E-state index contributed by atoms with van der Waals surface area (Å²) < 4.78 is 0. The molecule has 0 saturated heterocycles. The molecule has 7 nitrogen and oxygen atoms in total. The number of nitrogens with one attached hydrogen (secondary N) is 1. The highest BCUT2D eigenvalue weighted by Gasteiger charge is 2.17. The summed E-state index contributed by atoms with van der Waals surface area (Å²) in [5.41, 5.74) is 1.72. The maximum atomic E-state index is 10.3. The summed E-state index contributed by atoms with van der Waals surface area (Å²) in [7, 11) is 6.01. The first-order chi connectivity index (χ1) is 14.9.